The van der Waals surface area contributed by atoms with Gasteiger partial charge in [0.05, 0.1) is 12.9 Å². The summed E-state index contributed by atoms with van der Waals surface area (Å²) >= 11 is 0. The Hall–Kier alpha value is -0.660. The quantitative estimate of drug-likeness (QED) is 0.622. The maximum atomic E-state index is 11.6. The lowest BCUT2D eigenvalue weighted by Crippen LogP contribution is -2.53. The van der Waals surface area contributed by atoms with Gasteiger partial charge in [0.15, 0.2) is 0 Å². The molecule has 0 amide bonds. The van der Waals surface area contributed by atoms with E-state index in [2.05, 4.69) is 10.0 Å². The second-order valence-electron chi connectivity index (χ2n) is 4.85. The molecule has 0 bridgehead atoms. The van der Waals surface area contributed by atoms with Gasteiger partial charge >= 0.3 is 5.97 Å². The van der Waals surface area contributed by atoms with Crippen molar-refractivity contribution in [2.45, 2.75) is 45.7 Å². The van der Waals surface area contributed by atoms with Gasteiger partial charge in [0.25, 0.3) is 0 Å². The van der Waals surface area contributed by atoms with Gasteiger partial charge in [0.1, 0.15) is 6.04 Å². The van der Waals surface area contributed by atoms with Crippen molar-refractivity contribution in [1.29, 1.82) is 0 Å². The van der Waals surface area contributed by atoms with Crippen molar-refractivity contribution in [1.82, 2.24) is 10.0 Å². The van der Waals surface area contributed by atoms with Gasteiger partial charge in [-0.2, -0.15) is 0 Å². The van der Waals surface area contributed by atoms with Crippen LogP contribution >= 0.6 is 0 Å². The number of rotatable bonds is 8. The Balaban J connectivity index is 4.39. The van der Waals surface area contributed by atoms with Crippen molar-refractivity contribution >= 4 is 16.0 Å². The molecule has 1 unspecified atom stereocenters. The topological polar surface area (TPSA) is 84.5 Å². The van der Waals surface area contributed by atoms with Gasteiger partial charge in [-0.15, -0.1) is 0 Å². The van der Waals surface area contributed by atoms with Gasteiger partial charge < -0.3 is 10.1 Å². The van der Waals surface area contributed by atoms with E-state index in [0.717, 1.165) is 6.26 Å². The monoisotopic (exact) mass is 280 g/mol. The maximum absolute atomic E-state index is 11.6. The van der Waals surface area contributed by atoms with Crippen molar-refractivity contribution in [2.75, 3.05) is 19.4 Å². The number of carbonyl (C=O) groups is 1. The molecule has 1 atom stereocenters. The Bertz CT molecular complexity index is 365. The van der Waals surface area contributed by atoms with Crippen LogP contribution in [0, 0.1) is 0 Å². The van der Waals surface area contributed by atoms with Crippen LogP contribution in [-0.2, 0) is 19.6 Å². The van der Waals surface area contributed by atoms with Crippen molar-refractivity contribution in [2.24, 2.45) is 0 Å². The van der Waals surface area contributed by atoms with Crippen LogP contribution in [0.15, 0.2) is 0 Å². The summed E-state index contributed by atoms with van der Waals surface area (Å²) < 4.78 is 29.8. The fourth-order valence-corrected chi connectivity index (χ4v) is 2.63. The molecule has 6 nitrogen and oxygen atoms in total. The number of hydrogen-bond donors (Lipinski definition) is 2. The van der Waals surface area contributed by atoms with E-state index < -0.39 is 21.6 Å². The van der Waals surface area contributed by atoms with Crippen LogP contribution in [0.4, 0.5) is 0 Å². The van der Waals surface area contributed by atoms with Crippen molar-refractivity contribution in [3.8, 4) is 0 Å². The minimum atomic E-state index is -3.27. The second kappa shape index (κ2) is 7.06. The fraction of sp³-hybridized carbons (Fsp3) is 0.909. The van der Waals surface area contributed by atoms with Crippen molar-refractivity contribution < 1.29 is 17.9 Å². The summed E-state index contributed by atoms with van der Waals surface area (Å²) in [4.78, 5) is 11.6. The lowest BCUT2D eigenvalue weighted by Gasteiger charge is -2.27. The molecule has 0 aliphatic carbocycles. The number of carbonyl (C=O) groups excluding carboxylic acids is 1. The summed E-state index contributed by atoms with van der Waals surface area (Å²) in [6.45, 7) is 7.79. The zero-order valence-electron chi connectivity index (χ0n) is 11.7. The summed E-state index contributed by atoms with van der Waals surface area (Å²) in [6.07, 6.45) is 1.70. The highest BCUT2D eigenvalue weighted by Crippen LogP contribution is 2.04. The first kappa shape index (κ1) is 17.3. The SMILES string of the molecule is CCOC(=O)C(CC)NCC(C)(C)NS(C)(=O)=O. The Kier molecular flexibility index (Phi) is 6.80. The third kappa shape index (κ3) is 7.62. The molecule has 108 valence electrons. The molecule has 0 aliphatic rings. The molecule has 0 fully saturated rings. The Morgan fingerprint density at radius 3 is 2.28 bits per heavy atom. The van der Waals surface area contributed by atoms with E-state index in [-0.39, 0.29) is 5.97 Å². The van der Waals surface area contributed by atoms with Gasteiger partial charge in [0.2, 0.25) is 10.0 Å². The summed E-state index contributed by atoms with van der Waals surface area (Å²) in [7, 11) is -3.27. The predicted octanol–water partition coefficient (Wildman–Crippen LogP) is 0.246. The minimum Gasteiger partial charge on any atom is -0.465 e. The molecular formula is C11H24N2O4S. The molecule has 7 heteroatoms. The predicted molar refractivity (Wildman–Crippen MR) is 70.8 cm³/mol. The van der Waals surface area contributed by atoms with E-state index in [4.69, 9.17) is 4.74 Å². The molecule has 18 heavy (non-hydrogen) atoms. The number of sulfonamides is 1. The van der Waals surface area contributed by atoms with Gasteiger partial charge in [-0.1, -0.05) is 6.92 Å². The van der Waals surface area contributed by atoms with Gasteiger partial charge in [-0.05, 0) is 27.2 Å². The number of esters is 1. The molecule has 0 saturated heterocycles. The smallest absolute Gasteiger partial charge is 0.323 e. The van der Waals surface area contributed by atoms with Crippen LogP contribution < -0.4 is 10.0 Å². The van der Waals surface area contributed by atoms with E-state index in [9.17, 15) is 13.2 Å². The third-order valence-electron chi connectivity index (χ3n) is 2.23. The molecule has 0 heterocycles. The van der Waals surface area contributed by atoms with E-state index in [1.807, 2.05) is 6.92 Å². The van der Waals surface area contributed by atoms with Gasteiger partial charge in [0, 0.05) is 12.1 Å². The molecule has 0 aromatic rings. The summed E-state index contributed by atoms with van der Waals surface area (Å²) in [5.41, 5.74) is -0.659. The summed E-state index contributed by atoms with van der Waals surface area (Å²) in [5, 5.41) is 3.02. The zero-order valence-corrected chi connectivity index (χ0v) is 12.6. The third-order valence-corrected chi connectivity index (χ3v) is 3.15. The Morgan fingerprint density at radius 2 is 1.89 bits per heavy atom. The first-order valence-corrected chi connectivity index (χ1v) is 7.89. The normalized spacial score (nSPS) is 14.3. The first-order chi connectivity index (χ1) is 8.11. The molecule has 0 saturated carbocycles. The standard InChI is InChI=1S/C11H24N2O4S/c1-6-9(10(14)17-7-2)12-8-11(3,4)13-18(5,15)16/h9,12-13H,6-8H2,1-5H3. The molecule has 0 aromatic heterocycles. The zero-order chi connectivity index (χ0) is 14.4. The fourth-order valence-electron chi connectivity index (χ4n) is 1.55. The Morgan fingerprint density at radius 1 is 1.33 bits per heavy atom. The highest BCUT2D eigenvalue weighted by atomic mass is 32.2. The highest BCUT2D eigenvalue weighted by molar-refractivity contribution is 7.88. The van der Waals surface area contributed by atoms with Crippen LogP contribution in [0.3, 0.4) is 0 Å². The number of ether oxygens (including phenoxy) is 1. The van der Waals surface area contributed by atoms with Crippen LogP contribution in [-0.4, -0.2) is 45.4 Å². The summed E-state index contributed by atoms with van der Waals surface area (Å²) in [6, 6.07) is -0.411. The first-order valence-electron chi connectivity index (χ1n) is 6.00. The second-order valence-corrected chi connectivity index (χ2v) is 6.60. The molecule has 0 aromatic carbocycles. The van der Waals surface area contributed by atoms with Crippen molar-refractivity contribution in [3.05, 3.63) is 0 Å². The average Bonchev–Trinajstić information content (AvgIpc) is 2.14. The Labute approximate surface area is 110 Å². The summed E-state index contributed by atoms with van der Waals surface area (Å²) in [5.74, 6) is -0.310. The minimum absolute atomic E-state index is 0.310. The van der Waals surface area contributed by atoms with Gasteiger partial charge in [-0.25, -0.2) is 13.1 Å². The van der Waals surface area contributed by atoms with Crippen LogP contribution in [0.5, 0.6) is 0 Å². The molecule has 2 N–H and O–H groups in total. The average molecular weight is 280 g/mol. The van der Waals surface area contributed by atoms with E-state index in [1.165, 1.54) is 0 Å². The maximum Gasteiger partial charge on any atom is 0.323 e. The molecule has 0 rings (SSSR count). The van der Waals surface area contributed by atoms with E-state index in [0.29, 0.717) is 19.6 Å². The van der Waals surface area contributed by atoms with Crippen molar-refractivity contribution in [3.63, 3.8) is 0 Å². The van der Waals surface area contributed by atoms with E-state index >= 15 is 0 Å². The highest BCUT2D eigenvalue weighted by Gasteiger charge is 2.25. The molecular weight excluding hydrogens is 256 g/mol. The van der Waals surface area contributed by atoms with Crippen LogP contribution in [0.2, 0.25) is 0 Å². The van der Waals surface area contributed by atoms with Crippen LogP contribution in [0.25, 0.3) is 0 Å². The lowest BCUT2D eigenvalue weighted by atomic mass is 10.1. The number of nitrogens with one attached hydrogen (secondary N) is 2. The molecule has 0 spiro atoms. The number of hydrogen-bond acceptors (Lipinski definition) is 5. The lowest BCUT2D eigenvalue weighted by molar-refractivity contribution is -0.145. The molecule has 0 radical (unpaired) electrons. The van der Waals surface area contributed by atoms with E-state index in [1.54, 1.807) is 20.8 Å². The molecule has 0 aliphatic heterocycles. The van der Waals surface area contributed by atoms with Gasteiger partial charge in [-0.3, -0.25) is 4.79 Å². The largest absolute Gasteiger partial charge is 0.465 e. The van der Waals surface area contributed by atoms with Crippen LogP contribution in [0.1, 0.15) is 34.1 Å².